The van der Waals surface area contributed by atoms with Crippen LogP contribution >= 0.6 is 0 Å². The Kier molecular flexibility index (Phi) is 11.9. The highest BCUT2D eigenvalue weighted by Crippen LogP contribution is 2.01. The van der Waals surface area contributed by atoms with Crippen LogP contribution in [0.1, 0.15) is 41.0 Å². The molecule has 110 valence electrons. The standard InChI is InChI=1S/C13H29N3.C2H6/c1-4-7-14(5-2)8-11-16-12-9-15(6-3)10-13-16;1-2/h4-13H2,1-3H3;1-2H3. The maximum Gasteiger partial charge on any atom is 0.0110 e. The SMILES string of the molecule is CC.CCCN(CC)CCN1CCN(CC)CC1. The van der Waals surface area contributed by atoms with Gasteiger partial charge in [0.25, 0.3) is 0 Å². The van der Waals surface area contributed by atoms with Crippen molar-refractivity contribution < 1.29 is 0 Å². The van der Waals surface area contributed by atoms with E-state index in [1.165, 1.54) is 65.3 Å². The Morgan fingerprint density at radius 3 is 1.83 bits per heavy atom. The molecule has 0 aliphatic carbocycles. The molecule has 1 aliphatic rings. The van der Waals surface area contributed by atoms with Gasteiger partial charge in [0.1, 0.15) is 0 Å². The van der Waals surface area contributed by atoms with E-state index in [-0.39, 0.29) is 0 Å². The summed E-state index contributed by atoms with van der Waals surface area (Å²) in [5.41, 5.74) is 0. The molecule has 1 heterocycles. The average Bonchev–Trinajstić information content (AvgIpc) is 2.46. The zero-order valence-corrected chi connectivity index (χ0v) is 13.4. The van der Waals surface area contributed by atoms with Crippen LogP contribution in [0.2, 0.25) is 0 Å². The van der Waals surface area contributed by atoms with Crippen LogP contribution in [0.4, 0.5) is 0 Å². The van der Waals surface area contributed by atoms with Crippen molar-refractivity contribution in [1.82, 2.24) is 14.7 Å². The predicted molar refractivity (Wildman–Crippen MR) is 82.3 cm³/mol. The number of rotatable bonds is 7. The highest BCUT2D eigenvalue weighted by atomic mass is 15.3. The smallest absolute Gasteiger partial charge is 0.0110 e. The second-order valence-electron chi connectivity index (χ2n) is 4.71. The van der Waals surface area contributed by atoms with Crippen molar-refractivity contribution in [3.8, 4) is 0 Å². The largest absolute Gasteiger partial charge is 0.302 e. The summed E-state index contributed by atoms with van der Waals surface area (Å²) in [7, 11) is 0. The van der Waals surface area contributed by atoms with Crippen LogP contribution in [0.3, 0.4) is 0 Å². The predicted octanol–water partition coefficient (Wildman–Crippen LogP) is 2.38. The van der Waals surface area contributed by atoms with E-state index < -0.39 is 0 Å². The molecule has 1 fully saturated rings. The monoisotopic (exact) mass is 257 g/mol. The minimum Gasteiger partial charge on any atom is -0.302 e. The zero-order valence-electron chi connectivity index (χ0n) is 13.4. The van der Waals surface area contributed by atoms with Gasteiger partial charge in [-0.25, -0.2) is 0 Å². The number of nitrogens with zero attached hydrogens (tertiary/aromatic N) is 3. The highest BCUT2D eigenvalue weighted by molar-refractivity contribution is 4.71. The molecule has 0 aromatic rings. The Bertz CT molecular complexity index is 165. The van der Waals surface area contributed by atoms with Crippen LogP contribution in [0, 0.1) is 0 Å². The Balaban J connectivity index is 0.00000137. The van der Waals surface area contributed by atoms with Gasteiger partial charge in [-0.1, -0.05) is 34.6 Å². The van der Waals surface area contributed by atoms with E-state index >= 15 is 0 Å². The molecule has 3 heteroatoms. The summed E-state index contributed by atoms with van der Waals surface area (Å²) in [4.78, 5) is 7.72. The third-order valence-corrected chi connectivity index (χ3v) is 3.63. The molecule has 0 radical (unpaired) electrons. The maximum atomic E-state index is 2.62. The molecule has 0 aromatic heterocycles. The van der Waals surface area contributed by atoms with Gasteiger partial charge >= 0.3 is 0 Å². The van der Waals surface area contributed by atoms with Crippen molar-refractivity contribution in [2.75, 3.05) is 58.9 Å². The minimum absolute atomic E-state index is 1.20. The summed E-state index contributed by atoms with van der Waals surface area (Å²) in [6.07, 6.45) is 1.28. The van der Waals surface area contributed by atoms with Gasteiger partial charge in [-0.05, 0) is 26.1 Å². The van der Waals surface area contributed by atoms with Crippen LogP contribution in [-0.4, -0.2) is 73.6 Å². The van der Waals surface area contributed by atoms with E-state index in [0.29, 0.717) is 0 Å². The fourth-order valence-electron chi connectivity index (χ4n) is 2.36. The summed E-state index contributed by atoms with van der Waals surface area (Å²) in [5.74, 6) is 0. The Morgan fingerprint density at radius 1 is 0.833 bits per heavy atom. The lowest BCUT2D eigenvalue weighted by molar-refractivity contribution is 0.123. The van der Waals surface area contributed by atoms with Gasteiger partial charge in [-0.15, -0.1) is 0 Å². The number of hydrogen-bond acceptors (Lipinski definition) is 3. The van der Waals surface area contributed by atoms with E-state index in [2.05, 4.69) is 35.5 Å². The van der Waals surface area contributed by atoms with Crippen molar-refractivity contribution in [1.29, 1.82) is 0 Å². The lowest BCUT2D eigenvalue weighted by atomic mass is 10.3. The van der Waals surface area contributed by atoms with Gasteiger partial charge in [0, 0.05) is 39.3 Å². The lowest BCUT2D eigenvalue weighted by Crippen LogP contribution is -2.48. The van der Waals surface area contributed by atoms with Crippen LogP contribution < -0.4 is 0 Å². The Labute approximate surface area is 115 Å². The molecule has 0 spiro atoms. The molecule has 0 saturated carbocycles. The molecule has 3 nitrogen and oxygen atoms in total. The molecule has 0 atom stereocenters. The first-order valence-corrected chi connectivity index (χ1v) is 7.97. The van der Waals surface area contributed by atoms with Crippen molar-refractivity contribution in [2.45, 2.75) is 41.0 Å². The molecule has 0 amide bonds. The molecule has 1 aliphatic heterocycles. The second-order valence-corrected chi connectivity index (χ2v) is 4.71. The molecular formula is C15H35N3. The first kappa shape index (κ1) is 17.9. The number of hydrogen-bond donors (Lipinski definition) is 0. The topological polar surface area (TPSA) is 9.72 Å². The highest BCUT2D eigenvalue weighted by Gasteiger charge is 2.15. The van der Waals surface area contributed by atoms with E-state index in [1.807, 2.05) is 13.8 Å². The van der Waals surface area contributed by atoms with Crippen molar-refractivity contribution in [2.24, 2.45) is 0 Å². The zero-order chi connectivity index (χ0) is 13.8. The summed E-state index contributed by atoms with van der Waals surface area (Å²) >= 11 is 0. The average molecular weight is 257 g/mol. The minimum atomic E-state index is 1.20. The van der Waals surface area contributed by atoms with Crippen LogP contribution in [-0.2, 0) is 0 Å². The number of likely N-dealkylation sites (N-methyl/N-ethyl adjacent to an activating group) is 2. The molecule has 18 heavy (non-hydrogen) atoms. The van der Waals surface area contributed by atoms with Crippen LogP contribution in [0.5, 0.6) is 0 Å². The third-order valence-electron chi connectivity index (χ3n) is 3.63. The van der Waals surface area contributed by atoms with Crippen molar-refractivity contribution in [3.63, 3.8) is 0 Å². The van der Waals surface area contributed by atoms with Gasteiger partial charge < -0.3 is 9.80 Å². The summed E-state index contributed by atoms with van der Waals surface area (Å²) in [6, 6.07) is 0. The first-order chi connectivity index (χ1) is 8.80. The second kappa shape index (κ2) is 11.9. The lowest BCUT2D eigenvalue weighted by Gasteiger charge is -2.35. The molecule has 1 saturated heterocycles. The molecule has 1 rings (SSSR count). The van der Waals surface area contributed by atoms with Gasteiger partial charge in [0.2, 0.25) is 0 Å². The Morgan fingerprint density at radius 2 is 1.39 bits per heavy atom. The maximum absolute atomic E-state index is 2.62. The van der Waals surface area contributed by atoms with E-state index in [9.17, 15) is 0 Å². The van der Waals surface area contributed by atoms with Crippen LogP contribution in [0.25, 0.3) is 0 Å². The molecular weight excluding hydrogens is 222 g/mol. The molecule has 0 aromatic carbocycles. The van der Waals surface area contributed by atoms with Gasteiger partial charge in [-0.3, -0.25) is 4.90 Å². The third kappa shape index (κ3) is 7.34. The fraction of sp³-hybridized carbons (Fsp3) is 1.00. The quantitative estimate of drug-likeness (QED) is 0.693. The van der Waals surface area contributed by atoms with Crippen molar-refractivity contribution in [3.05, 3.63) is 0 Å². The molecule has 0 bridgehead atoms. The first-order valence-electron chi connectivity index (χ1n) is 7.97. The summed E-state index contributed by atoms with van der Waals surface area (Å²) in [6.45, 7) is 22.0. The van der Waals surface area contributed by atoms with E-state index in [1.54, 1.807) is 0 Å². The summed E-state index contributed by atoms with van der Waals surface area (Å²) < 4.78 is 0. The van der Waals surface area contributed by atoms with Crippen LogP contribution in [0.15, 0.2) is 0 Å². The van der Waals surface area contributed by atoms with Crippen molar-refractivity contribution >= 4 is 0 Å². The van der Waals surface area contributed by atoms with Gasteiger partial charge in [-0.2, -0.15) is 0 Å². The fourth-order valence-corrected chi connectivity index (χ4v) is 2.36. The van der Waals surface area contributed by atoms with E-state index in [0.717, 1.165) is 0 Å². The molecule has 0 N–H and O–H groups in total. The van der Waals surface area contributed by atoms with E-state index in [4.69, 9.17) is 0 Å². The molecule has 0 unspecified atom stereocenters. The van der Waals surface area contributed by atoms with Gasteiger partial charge in [0.05, 0.1) is 0 Å². The number of piperazine rings is 1. The van der Waals surface area contributed by atoms with Gasteiger partial charge in [0.15, 0.2) is 0 Å². The normalized spacial score (nSPS) is 17.7. The Hall–Kier alpha value is -0.120. The summed E-state index contributed by atoms with van der Waals surface area (Å²) in [5, 5.41) is 0.